The molecule has 1 aromatic carbocycles. The number of rotatable bonds is 3. The van der Waals surface area contributed by atoms with Crippen LogP contribution in [0.1, 0.15) is 29.5 Å². The molecule has 1 fully saturated rings. The van der Waals surface area contributed by atoms with E-state index in [1.165, 1.54) is 16.7 Å². The maximum Gasteiger partial charge on any atom is 0.0610 e. The highest BCUT2D eigenvalue weighted by atomic mass is 16.5. The lowest BCUT2D eigenvalue weighted by Gasteiger charge is -2.26. The van der Waals surface area contributed by atoms with Gasteiger partial charge in [-0.05, 0) is 55.7 Å². The van der Waals surface area contributed by atoms with E-state index in [0.29, 0.717) is 5.92 Å². The average Bonchev–Trinajstić information content (AvgIpc) is 2.35. The van der Waals surface area contributed by atoms with Crippen LogP contribution in [0.25, 0.3) is 0 Å². The third kappa shape index (κ3) is 3.30. The van der Waals surface area contributed by atoms with Crippen LogP contribution in [-0.2, 0) is 11.2 Å². The van der Waals surface area contributed by atoms with Gasteiger partial charge in [0.2, 0.25) is 0 Å². The van der Waals surface area contributed by atoms with Gasteiger partial charge in [-0.3, -0.25) is 0 Å². The number of aliphatic hydroxyl groups is 1. The molecule has 17 heavy (non-hydrogen) atoms. The van der Waals surface area contributed by atoms with Crippen molar-refractivity contribution in [3.05, 3.63) is 34.9 Å². The maximum absolute atomic E-state index is 10.2. The van der Waals surface area contributed by atoms with Crippen molar-refractivity contribution in [3.8, 4) is 0 Å². The first-order valence-corrected chi connectivity index (χ1v) is 6.49. The lowest BCUT2D eigenvalue weighted by molar-refractivity contribution is 0.00839. The monoisotopic (exact) mass is 234 g/mol. The van der Waals surface area contributed by atoms with E-state index >= 15 is 0 Å². The minimum Gasteiger partial charge on any atom is -0.392 e. The van der Waals surface area contributed by atoms with Crippen molar-refractivity contribution in [1.29, 1.82) is 0 Å². The van der Waals surface area contributed by atoms with Crippen LogP contribution in [-0.4, -0.2) is 24.4 Å². The summed E-state index contributed by atoms with van der Waals surface area (Å²) in [5.74, 6) is 0.408. The molecule has 2 heteroatoms. The van der Waals surface area contributed by atoms with Gasteiger partial charge in [0, 0.05) is 13.2 Å². The van der Waals surface area contributed by atoms with Crippen molar-refractivity contribution in [3.63, 3.8) is 0 Å². The lowest BCUT2D eigenvalue weighted by atomic mass is 9.89. The molecule has 0 aromatic heterocycles. The topological polar surface area (TPSA) is 29.5 Å². The van der Waals surface area contributed by atoms with Gasteiger partial charge >= 0.3 is 0 Å². The third-order valence-electron chi connectivity index (χ3n) is 3.83. The van der Waals surface area contributed by atoms with Crippen LogP contribution < -0.4 is 0 Å². The van der Waals surface area contributed by atoms with Crippen LogP contribution in [0, 0.1) is 19.8 Å². The molecule has 0 aliphatic carbocycles. The highest BCUT2D eigenvalue weighted by Crippen LogP contribution is 2.22. The average molecular weight is 234 g/mol. The largest absolute Gasteiger partial charge is 0.392 e. The second-order valence-electron chi connectivity index (χ2n) is 5.14. The van der Waals surface area contributed by atoms with Gasteiger partial charge in [-0.2, -0.15) is 0 Å². The first-order chi connectivity index (χ1) is 8.16. The van der Waals surface area contributed by atoms with E-state index in [1.54, 1.807) is 0 Å². The molecular weight excluding hydrogens is 212 g/mol. The van der Waals surface area contributed by atoms with Gasteiger partial charge in [0.1, 0.15) is 0 Å². The molecular formula is C15H22O2. The van der Waals surface area contributed by atoms with Gasteiger partial charge < -0.3 is 9.84 Å². The van der Waals surface area contributed by atoms with Crippen molar-refractivity contribution in [2.75, 3.05) is 13.2 Å². The molecule has 0 amide bonds. The number of aryl methyl sites for hydroxylation is 2. The van der Waals surface area contributed by atoms with Crippen molar-refractivity contribution in [2.45, 2.75) is 39.2 Å². The standard InChI is InChI=1S/C15H22O2/c1-11-3-4-13(9-12(11)2)10-15(16)14-5-7-17-8-6-14/h3-4,9,14-16H,5-8,10H2,1-2H3. The molecule has 1 unspecified atom stereocenters. The molecule has 1 heterocycles. The Morgan fingerprint density at radius 3 is 2.59 bits per heavy atom. The zero-order valence-corrected chi connectivity index (χ0v) is 10.8. The summed E-state index contributed by atoms with van der Waals surface area (Å²) in [6.45, 7) is 5.84. The smallest absolute Gasteiger partial charge is 0.0610 e. The Kier molecular flexibility index (Phi) is 4.19. The molecule has 1 aliphatic rings. The van der Waals surface area contributed by atoms with E-state index in [4.69, 9.17) is 4.74 Å². The molecule has 0 spiro atoms. The Morgan fingerprint density at radius 2 is 1.94 bits per heavy atom. The van der Waals surface area contributed by atoms with Crippen molar-refractivity contribution >= 4 is 0 Å². The molecule has 0 radical (unpaired) electrons. The fraction of sp³-hybridized carbons (Fsp3) is 0.600. The summed E-state index contributed by atoms with van der Waals surface area (Å²) >= 11 is 0. The number of ether oxygens (including phenoxy) is 1. The summed E-state index contributed by atoms with van der Waals surface area (Å²) in [5, 5.41) is 10.2. The Morgan fingerprint density at radius 1 is 1.24 bits per heavy atom. The van der Waals surface area contributed by atoms with E-state index in [2.05, 4.69) is 32.0 Å². The first-order valence-electron chi connectivity index (χ1n) is 6.49. The summed E-state index contributed by atoms with van der Waals surface area (Å²) in [4.78, 5) is 0. The van der Waals surface area contributed by atoms with Crippen molar-refractivity contribution in [2.24, 2.45) is 5.92 Å². The highest BCUT2D eigenvalue weighted by molar-refractivity contribution is 5.30. The summed E-state index contributed by atoms with van der Waals surface area (Å²) in [7, 11) is 0. The quantitative estimate of drug-likeness (QED) is 0.871. The zero-order valence-electron chi connectivity index (χ0n) is 10.8. The minimum absolute atomic E-state index is 0.221. The van der Waals surface area contributed by atoms with Gasteiger partial charge in [-0.25, -0.2) is 0 Å². The highest BCUT2D eigenvalue weighted by Gasteiger charge is 2.22. The van der Waals surface area contributed by atoms with Gasteiger partial charge in [-0.1, -0.05) is 18.2 Å². The van der Waals surface area contributed by atoms with E-state index in [9.17, 15) is 5.11 Å². The van der Waals surface area contributed by atoms with E-state index in [-0.39, 0.29) is 6.10 Å². The Hall–Kier alpha value is -0.860. The summed E-state index contributed by atoms with van der Waals surface area (Å²) in [6, 6.07) is 6.46. The summed E-state index contributed by atoms with van der Waals surface area (Å²) in [6.07, 6.45) is 2.53. The predicted molar refractivity (Wildman–Crippen MR) is 69.2 cm³/mol. The van der Waals surface area contributed by atoms with Gasteiger partial charge in [0.25, 0.3) is 0 Å². The van der Waals surface area contributed by atoms with Crippen LogP contribution in [0.4, 0.5) is 0 Å². The van der Waals surface area contributed by atoms with Crippen molar-refractivity contribution < 1.29 is 9.84 Å². The predicted octanol–water partition coefficient (Wildman–Crippen LogP) is 2.63. The molecule has 1 saturated heterocycles. The Balaban J connectivity index is 1.96. The zero-order chi connectivity index (χ0) is 12.3. The second-order valence-corrected chi connectivity index (χ2v) is 5.14. The number of aliphatic hydroxyl groups excluding tert-OH is 1. The van der Waals surface area contributed by atoms with Crippen LogP contribution in [0.5, 0.6) is 0 Å². The van der Waals surface area contributed by atoms with Gasteiger partial charge in [0.05, 0.1) is 6.10 Å². The molecule has 1 aromatic rings. The van der Waals surface area contributed by atoms with E-state index in [1.807, 2.05) is 0 Å². The second kappa shape index (κ2) is 5.65. The maximum atomic E-state index is 10.2. The summed E-state index contributed by atoms with van der Waals surface area (Å²) in [5.41, 5.74) is 3.86. The first kappa shape index (κ1) is 12.6. The molecule has 2 rings (SSSR count). The number of benzene rings is 1. The molecule has 1 atom stereocenters. The van der Waals surface area contributed by atoms with Crippen LogP contribution >= 0.6 is 0 Å². The van der Waals surface area contributed by atoms with Crippen LogP contribution in [0.15, 0.2) is 18.2 Å². The van der Waals surface area contributed by atoms with E-state index in [0.717, 1.165) is 32.5 Å². The van der Waals surface area contributed by atoms with Crippen molar-refractivity contribution in [1.82, 2.24) is 0 Å². The third-order valence-corrected chi connectivity index (χ3v) is 3.83. The number of hydrogen-bond donors (Lipinski definition) is 1. The summed E-state index contributed by atoms with van der Waals surface area (Å²) < 4.78 is 5.32. The lowest BCUT2D eigenvalue weighted by Crippen LogP contribution is -2.28. The molecule has 0 bridgehead atoms. The van der Waals surface area contributed by atoms with Crippen LogP contribution in [0.2, 0.25) is 0 Å². The van der Waals surface area contributed by atoms with Crippen LogP contribution in [0.3, 0.4) is 0 Å². The van der Waals surface area contributed by atoms with Gasteiger partial charge in [-0.15, -0.1) is 0 Å². The fourth-order valence-electron chi connectivity index (χ4n) is 2.44. The Bertz CT molecular complexity index is 367. The molecule has 1 aliphatic heterocycles. The molecule has 94 valence electrons. The van der Waals surface area contributed by atoms with Gasteiger partial charge in [0.15, 0.2) is 0 Å². The molecule has 1 N–H and O–H groups in total. The minimum atomic E-state index is -0.221. The Labute approximate surface area is 104 Å². The normalized spacial score (nSPS) is 19.2. The SMILES string of the molecule is Cc1ccc(CC(O)C2CCOCC2)cc1C. The molecule has 0 saturated carbocycles. The van der Waals surface area contributed by atoms with E-state index < -0.39 is 0 Å². The molecule has 2 nitrogen and oxygen atoms in total. The fourth-order valence-corrected chi connectivity index (χ4v) is 2.44. The number of hydrogen-bond acceptors (Lipinski definition) is 2.